The van der Waals surface area contributed by atoms with Gasteiger partial charge >= 0.3 is 0 Å². The first-order valence-corrected chi connectivity index (χ1v) is 6.73. The lowest BCUT2D eigenvalue weighted by Gasteiger charge is -2.36. The molecule has 1 heterocycles. The molecule has 0 spiro atoms. The van der Waals surface area contributed by atoms with Gasteiger partial charge in [0.05, 0.1) is 11.2 Å². The Balaban J connectivity index is 2.19. The third-order valence-corrected chi connectivity index (χ3v) is 3.80. The third kappa shape index (κ3) is 2.83. The van der Waals surface area contributed by atoms with Gasteiger partial charge in [-0.3, -0.25) is 5.01 Å². The Morgan fingerprint density at radius 1 is 1.33 bits per heavy atom. The highest BCUT2D eigenvalue weighted by atomic mass is 35.5. The molecule has 2 atom stereocenters. The number of halogens is 2. The van der Waals surface area contributed by atoms with Crippen LogP contribution in [-0.4, -0.2) is 23.3 Å². The number of hydrogen-bond acceptors (Lipinski definition) is 2. The average molecular weight is 269 g/mol. The van der Waals surface area contributed by atoms with Crippen molar-refractivity contribution in [1.82, 2.24) is 5.01 Å². The summed E-state index contributed by atoms with van der Waals surface area (Å²) < 4.78 is 13.6. The van der Waals surface area contributed by atoms with Crippen LogP contribution in [0.4, 0.5) is 4.39 Å². The third-order valence-electron chi connectivity index (χ3n) is 3.47. The van der Waals surface area contributed by atoms with Gasteiger partial charge in [-0.1, -0.05) is 17.7 Å². The molecule has 0 amide bonds. The Labute approximate surface area is 112 Å². The second-order valence-electron chi connectivity index (χ2n) is 4.89. The minimum atomic E-state index is -0.330. The van der Waals surface area contributed by atoms with E-state index >= 15 is 0 Å². The lowest BCUT2D eigenvalue weighted by atomic mass is 10.00. The number of benzene rings is 1. The van der Waals surface area contributed by atoms with Crippen molar-refractivity contribution in [2.24, 2.45) is 5.10 Å². The van der Waals surface area contributed by atoms with Crippen LogP contribution in [0.15, 0.2) is 23.3 Å². The summed E-state index contributed by atoms with van der Waals surface area (Å²) in [4.78, 5) is 0. The summed E-state index contributed by atoms with van der Waals surface area (Å²) in [5.41, 5.74) is 0.365. The molecule has 2 nitrogen and oxygen atoms in total. The zero-order chi connectivity index (χ0) is 13.1. The fraction of sp³-hybridized carbons (Fsp3) is 0.500. The van der Waals surface area contributed by atoms with Crippen molar-refractivity contribution in [3.8, 4) is 0 Å². The van der Waals surface area contributed by atoms with Crippen molar-refractivity contribution in [1.29, 1.82) is 0 Å². The average Bonchev–Trinajstić information content (AvgIpc) is 2.31. The molecule has 0 aromatic heterocycles. The lowest BCUT2D eigenvalue weighted by molar-refractivity contribution is 0.109. The maximum atomic E-state index is 13.6. The number of rotatable bonds is 2. The minimum Gasteiger partial charge on any atom is -0.292 e. The largest absolute Gasteiger partial charge is 0.292 e. The Hall–Kier alpha value is -1.09. The van der Waals surface area contributed by atoms with Crippen LogP contribution in [0.2, 0.25) is 5.02 Å². The zero-order valence-corrected chi connectivity index (χ0v) is 11.5. The quantitative estimate of drug-likeness (QED) is 0.738. The normalized spacial score (nSPS) is 24.8. The Morgan fingerprint density at radius 3 is 2.61 bits per heavy atom. The first-order chi connectivity index (χ1) is 8.59. The Morgan fingerprint density at radius 2 is 2.00 bits per heavy atom. The molecule has 1 aromatic rings. The fourth-order valence-corrected chi connectivity index (χ4v) is 2.61. The molecule has 18 heavy (non-hydrogen) atoms. The molecule has 0 unspecified atom stereocenters. The first-order valence-electron chi connectivity index (χ1n) is 6.36. The van der Waals surface area contributed by atoms with E-state index in [0.29, 0.717) is 22.7 Å². The monoisotopic (exact) mass is 268 g/mol. The van der Waals surface area contributed by atoms with E-state index in [1.807, 2.05) is 5.01 Å². The van der Waals surface area contributed by atoms with Crippen LogP contribution in [0.5, 0.6) is 0 Å². The minimum absolute atomic E-state index is 0.330. The van der Waals surface area contributed by atoms with Crippen molar-refractivity contribution in [3.05, 3.63) is 34.6 Å². The van der Waals surface area contributed by atoms with Crippen LogP contribution in [0.3, 0.4) is 0 Å². The molecule has 0 N–H and O–H groups in total. The molecule has 0 radical (unpaired) electrons. The van der Waals surface area contributed by atoms with Crippen molar-refractivity contribution in [3.63, 3.8) is 0 Å². The molecule has 1 fully saturated rings. The van der Waals surface area contributed by atoms with E-state index in [4.69, 9.17) is 11.6 Å². The van der Waals surface area contributed by atoms with Crippen molar-refractivity contribution in [2.45, 2.75) is 45.2 Å². The van der Waals surface area contributed by atoms with Crippen LogP contribution < -0.4 is 0 Å². The number of piperidine rings is 1. The highest BCUT2D eigenvalue weighted by molar-refractivity contribution is 6.33. The number of nitrogens with zero attached hydrogens (tertiary/aromatic N) is 2. The fourth-order valence-electron chi connectivity index (χ4n) is 2.39. The Kier molecular flexibility index (Phi) is 4.23. The van der Waals surface area contributed by atoms with E-state index in [1.165, 1.54) is 18.7 Å². The molecule has 0 saturated carbocycles. The molecule has 0 bridgehead atoms. The molecule has 2 rings (SSSR count). The molecule has 0 aliphatic carbocycles. The standard InChI is InChI=1S/C14H18ClFN2/c1-10-5-3-6-11(2)18(10)17-9-12-13(15)7-4-8-14(12)16/h4,7-11H,3,5-6H2,1-2H3/b17-9-/t10-,11-/m1/s1. The van der Waals surface area contributed by atoms with Crippen LogP contribution in [0.25, 0.3) is 0 Å². The maximum Gasteiger partial charge on any atom is 0.133 e. The molecule has 4 heteroatoms. The van der Waals surface area contributed by atoms with Gasteiger partial charge in [0.2, 0.25) is 0 Å². The van der Waals surface area contributed by atoms with Gasteiger partial charge in [-0.15, -0.1) is 0 Å². The van der Waals surface area contributed by atoms with E-state index in [0.717, 1.165) is 12.8 Å². The summed E-state index contributed by atoms with van der Waals surface area (Å²) >= 11 is 5.97. The number of hydrazone groups is 1. The molecular formula is C14H18ClFN2. The van der Waals surface area contributed by atoms with E-state index in [-0.39, 0.29) is 5.82 Å². The van der Waals surface area contributed by atoms with Gasteiger partial charge < -0.3 is 0 Å². The van der Waals surface area contributed by atoms with E-state index in [1.54, 1.807) is 12.1 Å². The van der Waals surface area contributed by atoms with Crippen LogP contribution in [0, 0.1) is 5.82 Å². The smallest absolute Gasteiger partial charge is 0.133 e. The zero-order valence-electron chi connectivity index (χ0n) is 10.7. The second kappa shape index (κ2) is 5.70. The molecule has 98 valence electrons. The maximum absolute atomic E-state index is 13.6. The highest BCUT2D eigenvalue weighted by Crippen LogP contribution is 2.23. The topological polar surface area (TPSA) is 15.6 Å². The molecule has 1 aliphatic heterocycles. The summed E-state index contributed by atoms with van der Waals surface area (Å²) in [5.74, 6) is -0.330. The van der Waals surface area contributed by atoms with Crippen molar-refractivity contribution >= 4 is 17.8 Å². The van der Waals surface area contributed by atoms with E-state index in [2.05, 4.69) is 18.9 Å². The first kappa shape index (κ1) is 13.3. The SMILES string of the molecule is C[C@@H]1CCC[C@@H](C)N1/N=C\c1c(F)cccc1Cl. The van der Waals surface area contributed by atoms with Gasteiger partial charge in [-0.2, -0.15) is 5.10 Å². The van der Waals surface area contributed by atoms with Gasteiger partial charge in [0, 0.05) is 17.6 Å². The molecule has 1 aromatic carbocycles. The summed E-state index contributed by atoms with van der Waals surface area (Å²) in [6.45, 7) is 4.30. The lowest BCUT2D eigenvalue weighted by Crippen LogP contribution is -2.39. The molecule has 1 aliphatic rings. The summed E-state index contributed by atoms with van der Waals surface area (Å²) in [6, 6.07) is 5.47. The molecule has 1 saturated heterocycles. The predicted molar refractivity (Wildman–Crippen MR) is 73.6 cm³/mol. The van der Waals surface area contributed by atoms with Crippen LogP contribution >= 0.6 is 11.6 Å². The van der Waals surface area contributed by atoms with Crippen molar-refractivity contribution in [2.75, 3.05) is 0 Å². The van der Waals surface area contributed by atoms with Gasteiger partial charge in [-0.05, 0) is 45.2 Å². The second-order valence-corrected chi connectivity index (χ2v) is 5.30. The van der Waals surface area contributed by atoms with Gasteiger partial charge in [0.1, 0.15) is 5.82 Å². The summed E-state index contributed by atoms with van der Waals surface area (Å²) in [5, 5.41) is 6.87. The molecular weight excluding hydrogens is 251 g/mol. The summed E-state index contributed by atoms with van der Waals surface area (Å²) in [7, 11) is 0. The van der Waals surface area contributed by atoms with Crippen LogP contribution in [0.1, 0.15) is 38.7 Å². The predicted octanol–water partition coefficient (Wildman–Crippen LogP) is 4.08. The van der Waals surface area contributed by atoms with Gasteiger partial charge in [-0.25, -0.2) is 4.39 Å². The van der Waals surface area contributed by atoms with Gasteiger partial charge in [0.15, 0.2) is 0 Å². The van der Waals surface area contributed by atoms with Crippen LogP contribution in [-0.2, 0) is 0 Å². The van der Waals surface area contributed by atoms with E-state index < -0.39 is 0 Å². The van der Waals surface area contributed by atoms with E-state index in [9.17, 15) is 4.39 Å². The van der Waals surface area contributed by atoms with Crippen molar-refractivity contribution < 1.29 is 4.39 Å². The van der Waals surface area contributed by atoms with Gasteiger partial charge in [0.25, 0.3) is 0 Å². The number of hydrogen-bond donors (Lipinski definition) is 0. The highest BCUT2D eigenvalue weighted by Gasteiger charge is 2.22. The summed E-state index contributed by atoms with van der Waals surface area (Å²) in [6.07, 6.45) is 5.03. The Bertz CT molecular complexity index is 417.